The number of anilines is 3. The molecule has 0 bridgehead atoms. The number of aliphatic hydroxyl groups is 1. The number of H-pyrrole nitrogens is 1. The number of nitrogens with zero attached hydrogens (tertiary/aromatic N) is 6. The summed E-state index contributed by atoms with van der Waals surface area (Å²) in [4.78, 5) is 53.7. The summed E-state index contributed by atoms with van der Waals surface area (Å²) in [5.74, 6) is 0.538. The maximum absolute atomic E-state index is 13.0. The van der Waals surface area contributed by atoms with Gasteiger partial charge >= 0.3 is 7.82 Å². The van der Waals surface area contributed by atoms with Crippen LogP contribution < -0.4 is 46.9 Å². The molecule has 1 unspecified atom stereocenters. The van der Waals surface area contributed by atoms with Crippen LogP contribution in [-0.2, 0) is 39.7 Å². The van der Waals surface area contributed by atoms with Gasteiger partial charge in [0.25, 0.3) is 15.7 Å². The predicted octanol–water partition coefficient (Wildman–Crippen LogP) is 2.43. The first-order chi connectivity index (χ1) is 31.9. The second-order valence-corrected chi connectivity index (χ2v) is 20.9. The number of carbonyl (C=O) groups is 1. The predicted molar refractivity (Wildman–Crippen MR) is 247 cm³/mol. The van der Waals surface area contributed by atoms with E-state index in [1.807, 2.05) is 32.1 Å². The number of ether oxygens (including phenoxy) is 2. The van der Waals surface area contributed by atoms with E-state index in [4.69, 9.17) is 29.2 Å². The van der Waals surface area contributed by atoms with Crippen LogP contribution in [0.4, 0.5) is 23.3 Å². The first-order valence-corrected chi connectivity index (χ1v) is 25.7. The molecule has 8 N–H and O–H groups in total. The molecule has 0 spiro atoms. The van der Waals surface area contributed by atoms with Crippen LogP contribution in [-0.4, -0.2) is 117 Å². The van der Waals surface area contributed by atoms with E-state index in [0.29, 0.717) is 66.2 Å². The van der Waals surface area contributed by atoms with E-state index in [9.17, 15) is 37.1 Å². The summed E-state index contributed by atoms with van der Waals surface area (Å²) in [6, 6.07) is 7.84. The minimum absolute atomic E-state index is 0.0404. The number of carbonyl (C=O) groups excluding carboxylic acids is 1. The average Bonchev–Trinajstić information content (AvgIpc) is 3.77. The number of benzene rings is 2. The highest BCUT2D eigenvalue weighted by Gasteiger charge is 2.53. The van der Waals surface area contributed by atoms with Crippen molar-refractivity contribution in [3.8, 4) is 11.5 Å². The largest absolute Gasteiger partial charge is 0.472 e. The minimum atomic E-state index is -4.38. The molecule has 2 saturated heterocycles. The zero-order valence-electron chi connectivity index (χ0n) is 37.4. The maximum atomic E-state index is 13.0. The number of aryl methyl sites for hydroxylation is 1. The molecule has 5 atom stereocenters. The molecule has 360 valence electrons. The van der Waals surface area contributed by atoms with Crippen molar-refractivity contribution in [3.63, 3.8) is 0 Å². The number of aromatic amines is 1. The Hall–Kier alpha value is -5.26. The summed E-state index contributed by atoms with van der Waals surface area (Å²) in [5.41, 5.74) is 8.15. The molecule has 22 nitrogen and oxygen atoms in total. The van der Waals surface area contributed by atoms with Crippen LogP contribution in [0.15, 0.2) is 40.1 Å². The first kappa shape index (κ1) is 46.8. The third kappa shape index (κ3) is 9.73. The van der Waals surface area contributed by atoms with Gasteiger partial charge in [-0.15, -0.1) is 0 Å². The molecule has 9 rings (SSSR count). The van der Waals surface area contributed by atoms with Crippen LogP contribution in [0.3, 0.4) is 0 Å². The molecule has 5 aliphatic heterocycles. The van der Waals surface area contributed by atoms with Crippen LogP contribution >= 0.6 is 7.82 Å². The summed E-state index contributed by atoms with van der Waals surface area (Å²) in [6.45, 7) is 9.02. The summed E-state index contributed by atoms with van der Waals surface area (Å²) in [6.07, 6.45) is 2.98. The van der Waals surface area contributed by atoms with Crippen molar-refractivity contribution in [2.45, 2.75) is 102 Å². The summed E-state index contributed by atoms with van der Waals surface area (Å²) < 4.78 is 72.6. The van der Waals surface area contributed by atoms with Crippen LogP contribution in [0.25, 0.3) is 16.7 Å². The number of fused-ring (bicyclic) bond motifs is 6. The summed E-state index contributed by atoms with van der Waals surface area (Å²) >= 11 is 0. The normalized spacial score (nSPS) is 23.8. The lowest BCUT2D eigenvalue weighted by molar-refractivity contribution is -0.121. The number of phosphoric ester groups is 1. The Labute approximate surface area is 385 Å². The van der Waals surface area contributed by atoms with E-state index in [1.165, 1.54) is 10.1 Å². The first-order valence-electron chi connectivity index (χ1n) is 22.6. The van der Waals surface area contributed by atoms with Crippen molar-refractivity contribution >= 4 is 63.9 Å². The fourth-order valence-electron chi connectivity index (χ4n) is 9.68. The fraction of sp³-hybridized carbons (Fsp3) is 0.535. The number of hydrogen-bond donors (Lipinski definition) is 7. The molecule has 2 fully saturated rings. The zero-order chi connectivity index (χ0) is 47.4. The van der Waals surface area contributed by atoms with Crippen molar-refractivity contribution in [2.24, 2.45) is 4.99 Å². The SMILES string of the molecule is CC[N+]1=c2cc3c(cc2CCC1)=Nc1cc2c(cc1O3)N(CCCC(=O)NCCCCCCNc1nc3c(=O)[nH]c(N)nc3n1[C@@H]1O[C@@H]3COP(=O)(O)O[C@H]3[C@H]1O)C(C)(C)C=C2CS(=O)(=O)O. The Balaban J connectivity index is 0.785. The van der Waals surface area contributed by atoms with Gasteiger partial charge in [0.1, 0.15) is 48.2 Å². The van der Waals surface area contributed by atoms with Gasteiger partial charge in [-0.1, -0.05) is 18.9 Å². The molecule has 67 heavy (non-hydrogen) atoms. The number of amides is 1. The highest BCUT2D eigenvalue weighted by atomic mass is 32.2. The Bertz CT molecular complexity index is 3010. The number of rotatable bonds is 16. The molecule has 5 aliphatic rings. The van der Waals surface area contributed by atoms with Crippen LogP contribution in [0.1, 0.15) is 83.1 Å². The number of hydrogen-bond acceptors (Lipinski definition) is 16. The summed E-state index contributed by atoms with van der Waals surface area (Å²) in [5, 5.41) is 19.2. The second kappa shape index (κ2) is 18.3. The number of unbranched alkanes of at least 4 members (excludes halogenated alkanes) is 3. The van der Waals surface area contributed by atoms with Crippen molar-refractivity contribution in [3.05, 3.63) is 62.5 Å². The van der Waals surface area contributed by atoms with Gasteiger partial charge in [0, 0.05) is 55.4 Å². The van der Waals surface area contributed by atoms with E-state index in [2.05, 4.69) is 54.1 Å². The van der Waals surface area contributed by atoms with Crippen LogP contribution in [0.2, 0.25) is 0 Å². The van der Waals surface area contributed by atoms with Gasteiger partial charge in [0.2, 0.25) is 23.2 Å². The molecule has 2 aromatic heterocycles. The number of imidazole rings is 1. The van der Waals surface area contributed by atoms with Gasteiger partial charge in [-0.3, -0.25) is 32.7 Å². The molecular formula is C43H56N10O12PS+. The molecule has 0 aliphatic carbocycles. The highest BCUT2D eigenvalue weighted by molar-refractivity contribution is 7.86. The lowest BCUT2D eigenvalue weighted by Gasteiger charge is -2.44. The van der Waals surface area contributed by atoms with Crippen molar-refractivity contribution < 1.29 is 50.9 Å². The lowest BCUT2D eigenvalue weighted by Crippen LogP contribution is -2.46. The number of nitrogens with two attached hydrogens (primary N) is 1. The van der Waals surface area contributed by atoms with Crippen molar-refractivity contribution in [1.82, 2.24) is 29.4 Å². The number of phosphoric acid groups is 1. The number of aliphatic hydroxyl groups excluding tert-OH is 1. The smallest absolute Gasteiger partial charge is 0.452 e. The van der Waals surface area contributed by atoms with E-state index in [1.54, 1.807) is 0 Å². The molecule has 2 aromatic carbocycles. The number of nitrogens with one attached hydrogen (secondary N) is 3. The quantitative estimate of drug-likeness (QED) is 0.0323. The van der Waals surface area contributed by atoms with Crippen molar-refractivity contribution in [2.75, 3.05) is 61.0 Å². The molecule has 0 radical (unpaired) electrons. The average molecular weight is 968 g/mol. The van der Waals surface area contributed by atoms with Crippen LogP contribution in [0, 0.1) is 0 Å². The fourth-order valence-corrected chi connectivity index (χ4v) is 11.3. The van der Waals surface area contributed by atoms with E-state index in [0.717, 1.165) is 56.2 Å². The van der Waals surface area contributed by atoms with Gasteiger partial charge in [-0.05, 0) is 64.2 Å². The molecule has 24 heteroatoms. The Morgan fingerprint density at radius 3 is 2.67 bits per heavy atom. The van der Waals surface area contributed by atoms with E-state index < -0.39 is 59.3 Å². The minimum Gasteiger partial charge on any atom is -0.452 e. The van der Waals surface area contributed by atoms with Gasteiger partial charge in [0.05, 0.1) is 18.2 Å². The number of nitrogen functional groups attached to an aromatic ring is 1. The van der Waals surface area contributed by atoms with E-state index >= 15 is 0 Å². The van der Waals surface area contributed by atoms with E-state index in [-0.39, 0.29) is 42.0 Å². The molecular weight excluding hydrogens is 912 g/mol. The van der Waals surface area contributed by atoms with Gasteiger partial charge in [0.15, 0.2) is 28.9 Å². The Kier molecular flexibility index (Phi) is 12.8. The molecule has 4 aromatic rings. The molecule has 7 heterocycles. The van der Waals surface area contributed by atoms with Crippen molar-refractivity contribution in [1.29, 1.82) is 0 Å². The number of aromatic nitrogens is 4. The monoisotopic (exact) mass is 967 g/mol. The Morgan fingerprint density at radius 2 is 1.90 bits per heavy atom. The Morgan fingerprint density at radius 1 is 1.10 bits per heavy atom. The third-order valence-corrected chi connectivity index (χ3v) is 14.4. The van der Waals surface area contributed by atoms with Gasteiger partial charge < -0.3 is 40.7 Å². The third-order valence-electron chi connectivity index (χ3n) is 12.8. The van der Waals surface area contributed by atoms with Gasteiger partial charge in [-0.2, -0.15) is 13.4 Å². The van der Waals surface area contributed by atoms with Gasteiger partial charge in [-0.25, -0.2) is 19.1 Å². The molecule has 0 saturated carbocycles. The topological polar surface area (TPSA) is 298 Å². The zero-order valence-corrected chi connectivity index (χ0v) is 39.1. The standard InChI is InChI=1S/C43H55N10O12PS/c1-4-51-15-9-11-24-17-27-31(19-29(24)51)63-32-20-30-26(18-28(32)47-27)25(23-67(59,60)61)21-43(2,3)52(30)16-10-12-34(54)45-13-7-5-6-8-14-46-42-48-35-38(49-41(44)50-39(35)56)53(42)40-36(55)37-33(64-40)22-62-66(57,58)65-37/h17-21,33,36-37,40,47,55H,4-16,22-23H2,1-3H3,(H5,44,45,50,54,56,57,58,59,60,61)/p+1/t33-,36-,37-,40-/m1/s1. The lowest BCUT2D eigenvalue weighted by atomic mass is 9.88. The molecule has 1 amide bonds. The summed E-state index contributed by atoms with van der Waals surface area (Å²) in [7, 11) is -8.74. The second-order valence-electron chi connectivity index (χ2n) is 18.0. The highest BCUT2D eigenvalue weighted by Crippen LogP contribution is 2.53. The maximum Gasteiger partial charge on any atom is 0.472 e. The van der Waals surface area contributed by atoms with Crippen LogP contribution in [0.5, 0.6) is 11.5 Å².